The second-order valence-electron chi connectivity index (χ2n) is 7.84. The molecule has 0 aliphatic carbocycles. The third kappa shape index (κ3) is 4.78. The number of amides is 1. The molecule has 3 N–H and O–H groups in total. The Hall–Kier alpha value is -2.24. The second kappa shape index (κ2) is 8.41. The first-order valence-corrected chi connectivity index (χ1v) is 9.71. The van der Waals surface area contributed by atoms with Crippen LogP contribution in [0.3, 0.4) is 0 Å². The summed E-state index contributed by atoms with van der Waals surface area (Å²) in [6, 6.07) is 13.4. The highest BCUT2D eigenvalue weighted by Gasteiger charge is 2.43. The number of carbonyl (C=O) groups is 1. The zero-order valence-corrected chi connectivity index (χ0v) is 17.8. The smallest absolute Gasteiger partial charge is 0.410 e. The molecular formula is C22H29ClN2O3. The van der Waals surface area contributed by atoms with Crippen LogP contribution in [0.25, 0.3) is 0 Å². The highest BCUT2D eigenvalue weighted by Crippen LogP contribution is 2.37. The maximum Gasteiger partial charge on any atom is 0.410 e. The van der Waals surface area contributed by atoms with Gasteiger partial charge in [-0.1, -0.05) is 35.9 Å². The SMILES string of the molecule is CCN(C(=O)OC(C)(C)C)C(C)[C@@](O)(c1ccc(N)cc1)c1cccc(Cl)c1. The van der Waals surface area contributed by atoms with Crippen LogP contribution in [0.1, 0.15) is 45.7 Å². The molecule has 2 aromatic rings. The fourth-order valence-corrected chi connectivity index (χ4v) is 3.41. The summed E-state index contributed by atoms with van der Waals surface area (Å²) in [4.78, 5) is 14.3. The number of ether oxygens (including phenoxy) is 1. The van der Waals surface area contributed by atoms with Crippen LogP contribution in [0.5, 0.6) is 0 Å². The number of anilines is 1. The van der Waals surface area contributed by atoms with Gasteiger partial charge in [0.1, 0.15) is 11.2 Å². The van der Waals surface area contributed by atoms with Crippen molar-refractivity contribution in [2.75, 3.05) is 12.3 Å². The van der Waals surface area contributed by atoms with Gasteiger partial charge in [-0.2, -0.15) is 0 Å². The number of benzene rings is 2. The van der Waals surface area contributed by atoms with Gasteiger partial charge in [-0.05, 0) is 70.0 Å². The summed E-state index contributed by atoms with van der Waals surface area (Å²) >= 11 is 6.20. The number of halogens is 1. The lowest BCUT2D eigenvalue weighted by atomic mass is 9.80. The molecule has 1 unspecified atom stereocenters. The van der Waals surface area contributed by atoms with Crippen molar-refractivity contribution in [3.63, 3.8) is 0 Å². The van der Waals surface area contributed by atoms with Crippen molar-refractivity contribution in [2.24, 2.45) is 0 Å². The maximum absolute atomic E-state index is 12.8. The van der Waals surface area contributed by atoms with Crippen molar-refractivity contribution >= 4 is 23.4 Å². The minimum absolute atomic E-state index is 0.369. The third-order valence-electron chi connectivity index (χ3n) is 4.66. The highest BCUT2D eigenvalue weighted by atomic mass is 35.5. The van der Waals surface area contributed by atoms with E-state index >= 15 is 0 Å². The topological polar surface area (TPSA) is 75.8 Å². The highest BCUT2D eigenvalue weighted by molar-refractivity contribution is 6.30. The van der Waals surface area contributed by atoms with Gasteiger partial charge in [0.15, 0.2) is 0 Å². The Morgan fingerprint density at radius 2 is 1.79 bits per heavy atom. The van der Waals surface area contributed by atoms with Gasteiger partial charge in [0.05, 0.1) is 6.04 Å². The summed E-state index contributed by atoms with van der Waals surface area (Å²) in [5.74, 6) is 0. The number of likely N-dealkylation sites (N-methyl/N-ethyl adjacent to an activating group) is 1. The molecule has 0 spiro atoms. The molecule has 0 aliphatic rings. The van der Waals surface area contributed by atoms with Crippen molar-refractivity contribution in [2.45, 2.75) is 51.9 Å². The van der Waals surface area contributed by atoms with E-state index in [9.17, 15) is 9.90 Å². The zero-order valence-electron chi connectivity index (χ0n) is 17.1. The van der Waals surface area contributed by atoms with E-state index < -0.39 is 23.3 Å². The molecule has 0 bridgehead atoms. The van der Waals surface area contributed by atoms with E-state index in [1.54, 1.807) is 55.5 Å². The number of hydrogen-bond acceptors (Lipinski definition) is 4. The molecule has 0 heterocycles. The summed E-state index contributed by atoms with van der Waals surface area (Å²) in [5, 5.41) is 12.4. The molecule has 0 aromatic heterocycles. The molecule has 0 saturated heterocycles. The van der Waals surface area contributed by atoms with E-state index in [4.69, 9.17) is 22.1 Å². The van der Waals surface area contributed by atoms with Gasteiger partial charge in [-0.25, -0.2) is 4.79 Å². The Balaban J connectivity index is 2.57. The standard InChI is InChI=1S/C22H29ClN2O3/c1-6-25(20(26)28-21(3,4)5)15(2)22(27,16-10-12-19(24)13-11-16)17-8-7-9-18(23)14-17/h7-15,27H,6,24H2,1-5H3/t15?,22-/m1/s1. The molecule has 2 rings (SSSR count). The van der Waals surface area contributed by atoms with Crippen LogP contribution >= 0.6 is 11.6 Å². The monoisotopic (exact) mass is 404 g/mol. The predicted molar refractivity (Wildman–Crippen MR) is 113 cm³/mol. The number of nitrogens with zero attached hydrogens (tertiary/aromatic N) is 1. The zero-order chi connectivity index (χ0) is 21.1. The van der Waals surface area contributed by atoms with E-state index in [1.165, 1.54) is 4.90 Å². The van der Waals surface area contributed by atoms with Crippen molar-refractivity contribution in [3.05, 3.63) is 64.7 Å². The van der Waals surface area contributed by atoms with Crippen LogP contribution in [-0.2, 0) is 10.3 Å². The second-order valence-corrected chi connectivity index (χ2v) is 8.28. The molecule has 2 aromatic carbocycles. The van der Waals surface area contributed by atoms with Crippen molar-refractivity contribution in [1.29, 1.82) is 0 Å². The number of nitrogen functional groups attached to an aromatic ring is 1. The Morgan fingerprint density at radius 3 is 2.29 bits per heavy atom. The average molecular weight is 405 g/mol. The Morgan fingerprint density at radius 1 is 1.18 bits per heavy atom. The van der Waals surface area contributed by atoms with Crippen LogP contribution in [0, 0.1) is 0 Å². The van der Waals surface area contributed by atoms with Crippen molar-refractivity contribution in [1.82, 2.24) is 4.90 Å². The summed E-state index contributed by atoms with van der Waals surface area (Å²) in [6.45, 7) is 9.45. The minimum atomic E-state index is -1.51. The first-order valence-electron chi connectivity index (χ1n) is 9.33. The summed E-state index contributed by atoms with van der Waals surface area (Å²) in [7, 11) is 0. The van der Waals surface area contributed by atoms with Gasteiger partial charge in [-0.15, -0.1) is 0 Å². The summed E-state index contributed by atoms with van der Waals surface area (Å²) in [5.41, 5.74) is 5.46. The molecule has 1 amide bonds. The number of nitrogens with two attached hydrogens (primary N) is 1. The molecule has 2 atom stereocenters. The van der Waals surface area contributed by atoms with Crippen molar-refractivity contribution in [3.8, 4) is 0 Å². The fourth-order valence-electron chi connectivity index (χ4n) is 3.22. The molecule has 152 valence electrons. The van der Waals surface area contributed by atoms with E-state index in [2.05, 4.69) is 0 Å². The van der Waals surface area contributed by atoms with Crippen LogP contribution in [0.4, 0.5) is 10.5 Å². The summed E-state index contributed by atoms with van der Waals surface area (Å²) < 4.78 is 5.55. The van der Waals surface area contributed by atoms with Crippen LogP contribution in [0.2, 0.25) is 5.02 Å². The molecular weight excluding hydrogens is 376 g/mol. The maximum atomic E-state index is 12.8. The Bertz CT molecular complexity index is 817. The Labute approximate surface area is 172 Å². The molecule has 0 fully saturated rings. The van der Waals surface area contributed by atoms with Crippen molar-refractivity contribution < 1.29 is 14.6 Å². The van der Waals surface area contributed by atoms with Gasteiger partial charge in [0, 0.05) is 17.3 Å². The number of hydrogen-bond donors (Lipinski definition) is 2. The normalized spacial score (nSPS) is 14.8. The van der Waals surface area contributed by atoms with Gasteiger partial charge in [0.25, 0.3) is 0 Å². The Kier molecular flexibility index (Phi) is 6.63. The van der Waals surface area contributed by atoms with E-state index in [0.29, 0.717) is 28.4 Å². The largest absolute Gasteiger partial charge is 0.444 e. The first kappa shape index (κ1) is 22.1. The van der Waals surface area contributed by atoms with Gasteiger partial charge in [-0.3, -0.25) is 0 Å². The predicted octanol–water partition coefficient (Wildman–Crippen LogP) is 4.80. The average Bonchev–Trinajstić information content (AvgIpc) is 2.60. The lowest BCUT2D eigenvalue weighted by Crippen LogP contribution is -2.53. The number of carbonyl (C=O) groups excluding carboxylic acids is 1. The quantitative estimate of drug-likeness (QED) is 0.701. The van der Waals surface area contributed by atoms with E-state index in [0.717, 1.165) is 0 Å². The van der Waals surface area contributed by atoms with Gasteiger partial charge < -0.3 is 20.5 Å². The number of rotatable bonds is 5. The number of aliphatic hydroxyl groups is 1. The van der Waals surface area contributed by atoms with E-state index in [1.807, 2.05) is 27.7 Å². The van der Waals surface area contributed by atoms with Gasteiger partial charge in [0.2, 0.25) is 0 Å². The van der Waals surface area contributed by atoms with Crippen LogP contribution in [0.15, 0.2) is 48.5 Å². The molecule has 6 heteroatoms. The molecule has 0 radical (unpaired) electrons. The summed E-state index contributed by atoms with van der Waals surface area (Å²) in [6.07, 6.45) is -0.488. The fraction of sp³-hybridized carbons (Fsp3) is 0.409. The lowest BCUT2D eigenvalue weighted by Gasteiger charge is -2.41. The van der Waals surface area contributed by atoms with E-state index in [-0.39, 0.29) is 0 Å². The molecule has 0 saturated carbocycles. The third-order valence-corrected chi connectivity index (χ3v) is 4.89. The molecule has 28 heavy (non-hydrogen) atoms. The van der Waals surface area contributed by atoms with Gasteiger partial charge >= 0.3 is 6.09 Å². The van der Waals surface area contributed by atoms with Crippen LogP contribution in [-0.4, -0.2) is 34.3 Å². The molecule has 5 nitrogen and oxygen atoms in total. The lowest BCUT2D eigenvalue weighted by molar-refractivity contribution is -0.0313. The first-order chi connectivity index (χ1) is 13.0. The molecule has 0 aliphatic heterocycles. The minimum Gasteiger partial charge on any atom is -0.444 e. The van der Waals surface area contributed by atoms with Crippen LogP contribution < -0.4 is 5.73 Å².